The van der Waals surface area contributed by atoms with Crippen LogP contribution in [0.5, 0.6) is 0 Å². The fraction of sp³-hybridized carbons (Fsp3) is 0.250. The summed E-state index contributed by atoms with van der Waals surface area (Å²) < 4.78 is 0. The summed E-state index contributed by atoms with van der Waals surface area (Å²) in [5.41, 5.74) is 0.665. The van der Waals surface area contributed by atoms with E-state index in [1.807, 2.05) is 17.0 Å². The van der Waals surface area contributed by atoms with Gasteiger partial charge in [-0.15, -0.1) is 0 Å². The lowest BCUT2D eigenvalue weighted by molar-refractivity contribution is 0.0746. The number of piperazine rings is 1. The third-order valence-electron chi connectivity index (χ3n) is 3.68. The van der Waals surface area contributed by atoms with Crippen molar-refractivity contribution in [1.29, 1.82) is 0 Å². The first-order valence-electron chi connectivity index (χ1n) is 7.06. The molecule has 0 aliphatic carbocycles. The van der Waals surface area contributed by atoms with Gasteiger partial charge in [0.1, 0.15) is 11.0 Å². The van der Waals surface area contributed by atoms with Crippen LogP contribution >= 0.6 is 23.2 Å². The summed E-state index contributed by atoms with van der Waals surface area (Å²) in [6.45, 7) is 2.81. The maximum Gasteiger partial charge on any atom is 0.253 e. The highest BCUT2D eigenvalue weighted by molar-refractivity contribution is 6.30. The highest BCUT2D eigenvalue weighted by Crippen LogP contribution is 2.18. The first kappa shape index (κ1) is 15.1. The number of amides is 1. The van der Waals surface area contributed by atoms with Gasteiger partial charge in [-0.1, -0.05) is 29.3 Å². The second-order valence-electron chi connectivity index (χ2n) is 5.10. The van der Waals surface area contributed by atoms with Gasteiger partial charge in [-0.3, -0.25) is 4.79 Å². The van der Waals surface area contributed by atoms with Crippen LogP contribution in [-0.2, 0) is 0 Å². The van der Waals surface area contributed by atoms with Gasteiger partial charge < -0.3 is 9.80 Å². The van der Waals surface area contributed by atoms with Gasteiger partial charge in [0.05, 0.1) is 0 Å². The maximum atomic E-state index is 12.4. The van der Waals surface area contributed by atoms with Crippen LogP contribution in [0.2, 0.25) is 10.2 Å². The highest BCUT2D eigenvalue weighted by Gasteiger charge is 2.22. The first-order chi connectivity index (χ1) is 10.6. The second kappa shape index (κ2) is 6.55. The van der Waals surface area contributed by atoms with Crippen LogP contribution < -0.4 is 4.90 Å². The molecule has 0 bridgehead atoms. The molecular formula is C16H15Cl2N3O. The summed E-state index contributed by atoms with van der Waals surface area (Å²) in [6, 6.07) is 12.6. The number of benzene rings is 1. The molecule has 6 heteroatoms. The third-order valence-corrected chi connectivity index (χ3v) is 4.14. The molecule has 1 saturated heterocycles. The Bertz CT molecular complexity index is 667. The highest BCUT2D eigenvalue weighted by atomic mass is 35.5. The van der Waals surface area contributed by atoms with Gasteiger partial charge in [-0.05, 0) is 36.4 Å². The van der Waals surface area contributed by atoms with E-state index in [-0.39, 0.29) is 5.91 Å². The van der Waals surface area contributed by atoms with E-state index in [1.54, 1.807) is 30.3 Å². The van der Waals surface area contributed by atoms with Crippen LogP contribution in [0.15, 0.2) is 42.5 Å². The fourth-order valence-corrected chi connectivity index (χ4v) is 2.77. The van der Waals surface area contributed by atoms with Gasteiger partial charge in [0.2, 0.25) is 0 Å². The molecule has 1 aliphatic rings. The van der Waals surface area contributed by atoms with Gasteiger partial charge >= 0.3 is 0 Å². The molecule has 0 saturated carbocycles. The molecular weight excluding hydrogens is 321 g/mol. The summed E-state index contributed by atoms with van der Waals surface area (Å²) in [5.74, 6) is 0.890. The van der Waals surface area contributed by atoms with Crippen molar-refractivity contribution in [2.45, 2.75) is 0 Å². The number of carbonyl (C=O) groups excluding carboxylic acids is 1. The molecule has 0 spiro atoms. The molecule has 1 aromatic heterocycles. The van der Waals surface area contributed by atoms with Crippen molar-refractivity contribution in [3.05, 3.63) is 58.2 Å². The smallest absolute Gasteiger partial charge is 0.253 e. The van der Waals surface area contributed by atoms with Gasteiger partial charge in [-0.2, -0.15) is 0 Å². The minimum Gasteiger partial charge on any atom is -0.353 e. The van der Waals surface area contributed by atoms with Crippen LogP contribution in [-0.4, -0.2) is 42.0 Å². The van der Waals surface area contributed by atoms with E-state index >= 15 is 0 Å². The molecule has 2 aromatic rings. The van der Waals surface area contributed by atoms with E-state index in [1.165, 1.54) is 0 Å². The minimum absolute atomic E-state index is 0.0374. The van der Waals surface area contributed by atoms with E-state index < -0.39 is 0 Å². The predicted molar refractivity (Wildman–Crippen MR) is 88.8 cm³/mol. The topological polar surface area (TPSA) is 36.4 Å². The number of hydrogen-bond donors (Lipinski definition) is 0. The molecule has 1 amide bonds. The summed E-state index contributed by atoms with van der Waals surface area (Å²) in [5, 5.41) is 1.12. The van der Waals surface area contributed by atoms with Crippen molar-refractivity contribution < 1.29 is 4.79 Å². The molecule has 22 heavy (non-hydrogen) atoms. The van der Waals surface area contributed by atoms with Crippen molar-refractivity contribution in [1.82, 2.24) is 9.88 Å². The molecule has 114 valence electrons. The van der Waals surface area contributed by atoms with Crippen LogP contribution in [0.1, 0.15) is 10.4 Å². The Morgan fingerprint density at radius 3 is 2.27 bits per heavy atom. The number of halogens is 2. The molecule has 4 nitrogen and oxygen atoms in total. The van der Waals surface area contributed by atoms with Crippen LogP contribution in [0, 0.1) is 0 Å². The molecule has 2 heterocycles. The average molecular weight is 336 g/mol. The van der Waals surface area contributed by atoms with Crippen LogP contribution in [0.3, 0.4) is 0 Å². The Labute approximate surface area is 139 Å². The predicted octanol–water partition coefficient (Wildman–Crippen LogP) is 3.35. The molecule has 0 atom stereocenters. The molecule has 3 rings (SSSR count). The Morgan fingerprint density at radius 2 is 1.64 bits per heavy atom. The summed E-state index contributed by atoms with van der Waals surface area (Å²) in [7, 11) is 0. The lowest BCUT2D eigenvalue weighted by Crippen LogP contribution is -2.49. The molecule has 1 fully saturated rings. The molecule has 1 aliphatic heterocycles. The van der Waals surface area contributed by atoms with Gasteiger partial charge in [0.15, 0.2) is 0 Å². The maximum absolute atomic E-state index is 12.4. The number of anilines is 1. The first-order valence-corrected chi connectivity index (χ1v) is 7.81. The summed E-state index contributed by atoms with van der Waals surface area (Å²) >= 11 is 11.8. The zero-order valence-corrected chi connectivity index (χ0v) is 13.4. The van der Waals surface area contributed by atoms with Gasteiger partial charge in [-0.25, -0.2) is 4.98 Å². The number of aromatic nitrogens is 1. The van der Waals surface area contributed by atoms with Crippen LogP contribution in [0.4, 0.5) is 5.82 Å². The average Bonchev–Trinajstić information content (AvgIpc) is 2.55. The monoisotopic (exact) mass is 335 g/mol. The van der Waals surface area contributed by atoms with Crippen molar-refractivity contribution in [3.8, 4) is 0 Å². The van der Waals surface area contributed by atoms with Gasteiger partial charge in [0.25, 0.3) is 5.91 Å². The Morgan fingerprint density at radius 1 is 0.955 bits per heavy atom. The Balaban J connectivity index is 1.64. The van der Waals surface area contributed by atoms with E-state index in [0.29, 0.717) is 28.8 Å². The normalized spacial score (nSPS) is 15.0. The van der Waals surface area contributed by atoms with E-state index in [9.17, 15) is 4.79 Å². The minimum atomic E-state index is 0.0374. The molecule has 0 unspecified atom stereocenters. The lowest BCUT2D eigenvalue weighted by atomic mass is 10.2. The number of carbonyl (C=O) groups is 1. The zero-order chi connectivity index (χ0) is 15.5. The van der Waals surface area contributed by atoms with Gasteiger partial charge in [0, 0.05) is 36.8 Å². The summed E-state index contributed by atoms with van der Waals surface area (Å²) in [6.07, 6.45) is 0. The van der Waals surface area contributed by atoms with E-state index in [2.05, 4.69) is 9.88 Å². The SMILES string of the molecule is O=C(c1ccc(Cl)cc1)N1CCN(c2cccc(Cl)n2)CC1. The lowest BCUT2D eigenvalue weighted by Gasteiger charge is -2.35. The van der Waals surface area contributed by atoms with E-state index in [4.69, 9.17) is 23.2 Å². The Kier molecular flexibility index (Phi) is 4.50. The fourth-order valence-electron chi connectivity index (χ4n) is 2.49. The number of pyridine rings is 1. The van der Waals surface area contributed by atoms with Crippen LogP contribution in [0.25, 0.3) is 0 Å². The van der Waals surface area contributed by atoms with E-state index in [0.717, 1.165) is 18.9 Å². The van der Waals surface area contributed by atoms with Crippen molar-refractivity contribution in [2.24, 2.45) is 0 Å². The number of hydrogen-bond acceptors (Lipinski definition) is 3. The largest absolute Gasteiger partial charge is 0.353 e. The number of nitrogens with zero attached hydrogens (tertiary/aromatic N) is 3. The zero-order valence-electron chi connectivity index (χ0n) is 11.9. The summed E-state index contributed by atoms with van der Waals surface area (Å²) in [4.78, 5) is 20.7. The molecule has 0 N–H and O–H groups in total. The van der Waals surface area contributed by atoms with Crippen molar-refractivity contribution >= 4 is 34.9 Å². The van der Waals surface area contributed by atoms with Crippen molar-refractivity contribution in [2.75, 3.05) is 31.1 Å². The standard InChI is InChI=1S/C16H15Cl2N3O/c17-13-6-4-12(5-7-13)16(22)21-10-8-20(9-11-21)15-3-1-2-14(18)19-15/h1-7H,8-11H2. The Hall–Kier alpha value is -1.78. The quantitative estimate of drug-likeness (QED) is 0.789. The third kappa shape index (κ3) is 3.34. The number of rotatable bonds is 2. The molecule has 1 aromatic carbocycles. The second-order valence-corrected chi connectivity index (χ2v) is 5.93. The van der Waals surface area contributed by atoms with Crippen molar-refractivity contribution in [3.63, 3.8) is 0 Å². The molecule has 0 radical (unpaired) electrons.